The Morgan fingerprint density at radius 2 is 1.97 bits per heavy atom. The average molecular weight is 453 g/mol. The van der Waals surface area contributed by atoms with Gasteiger partial charge in [0.05, 0.1) is 24.2 Å². The van der Waals surface area contributed by atoms with Crippen LogP contribution in [0.1, 0.15) is 47.3 Å². The summed E-state index contributed by atoms with van der Waals surface area (Å²) in [6.07, 6.45) is 1.63. The number of carbonyl (C=O) groups is 2. The standard InChI is InChI=1S/C24H27N3O6/c1-16(23(28)25-21-8-4-6-17-5-2-3-7-19(17)21)33-24(29)20-15-18(9-10-22(20)27(30)31)26-11-13-32-14-12-26/h2-3,5,7,9-10,15-16,21H,4,6,8,11-14H2,1H3,(H,25,28). The number of hydrogen-bond acceptors (Lipinski definition) is 7. The molecule has 1 amide bonds. The van der Waals surface area contributed by atoms with Crippen molar-refractivity contribution in [3.8, 4) is 0 Å². The number of rotatable bonds is 6. The summed E-state index contributed by atoms with van der Waals surface area (Å²) < 4.78 is 10.7. The Labute approximate surface area is 191 Å². The zero-order chi connectivity index (χ0) is 23.4. The Hall–Kier alpha value is -3.46. The number of anilines is 1. The number of fused-ring (bicyclic) bond motifs is 1. The van der Waals surface area contributed by atoms with Crippen molar-refractivity contribution in [1.29, 1.82) is 0 Å². The Morgan fingerprint density at radius 3 is 2.73 bits per heavy atom. The predicted octanol–water partition coefficient (Wildman–Crippen LogP) is 3.17. The maximum absolute atomic E-state index is 12.9. The van der Waals surface area contributed by atoms with Crippen LogP contribution in [0.15, 0.2) is 42.5 Å². The number of nitrogens with zero attached hydrogens (tertiary/aromatic N) is 2. The minimum atomic E-state index is -1.10. The monoisotopic (exact) mass is 453 g/mol. The van der Waals surface area contributed by atoms with Crippen molar-refractivity contribution in [2.24, 2.45) is 0 Å². The molecule has 2 aromatic carbocycles. The van der Waals surface area contributed by atoms with E-state index in [4.69, 9.17) is 9.47 Å². The topological polar surface area (TPSA) is 111 Å². The van der Waals surface area contributed by atoms with Gasteiger partial charge < -0.3 is 19.7 Å². The highest BCUT2D eigenvalue weighted by Gasteiger charge is 2.29. The van der Waals surface area contributed by atoms with E-state index in [2.05, 4.69) is 11.4 Å². The normalized spacial score (nSPS) is 18.7. The molecule has 9 nitrogen and oxygen atoms in total. The maximum Gasteiger partial charge on any atom is 0.346 e. The third-order valence-corrected chi connectivity index (χ3v) is 6.11. The van der Waals surface area contributed by atoms with Crippen molar-refractivity contribution in [3.05, 3.63) is 69.3 Å². The van der Waals surface area contributed by atoms with E-state index in [1.165, 1.54) is 24.6 Å². The molecular weight excluding hydrogens is 426 g/mol. The molecule has 9 heteroatoms. The van der Waals surface area contributed by atoms with E-state index in [0.29, 0.717) is 32.0 Å². The van der Waals surface area contributed by atoms with Gasteiger partial charge in [0.2, 0.25) is 0 Å². The van der Waals surface area contributed by atoms with Crippen molar-refractivity contribution < 1.29 is 24.0 Å². The molecule has 1 saturated heterocycles. The van der Waals surface area contributed by atoms with Crippen LogP contribution in [0, 0.1) is 10.1 Å². The quantitative estimate of drug-likeness (QED) is 0.406. The van der Waals surface area contributed by atoms with Gasteiger partial charge in [-0.2, -0.15) is 0 Å². The lowest BCUT2D eigenvalue weighted by Crippen LogP contribution is -2.39. The molecule has 174 valence electrons. The fourth-order valence-electron chi connectivity index (χ4n) is 4.34. The second kappa shape index (κ2) is 9.99. The van der Waals surface area contributed by atoms with Crippen LogP contribution in [-0.2, 0) is 20.7 Å². The third kappa shape index (κ3) is 5.14. The molecule has 2 atom stereocenters. The summed E-state index contributed by atoms with van der Waals surface area (Å²) in [7, 11) is 0. The number of nitrogens with one attached hydrogen (secondary N) is 1. The first kappa shape index (κ1) is 22.7. The molecule has 0 aromatic heterocycles. The van der Waals surface area contributed by atoms with Crippen LogP contribution in [0.5, 0.6) is 0 Å². The molecule has 2 aliphatic rings. The molecule has 1 N–H and O–H groups in total. The van der Waals surface area contributed by atoms with Gasteiger partial charge in [-0.3, -0.25) is 14.9 Å². The lowest BCUT2D eigenvalue weighted by molar-refractivity contribution is -0.385. The van der Waals surface area contributed by atoms with Gasteiger partial charge in [-0.25, -0.2) is 4.79 Å². The fourth-order valence-corrected chi connectivity index (χ4v) is 4.34. The smallest absolute Gasteiger partial charge is 0.346 e. The van der Waals surface area contributed by atoms with E-state index in [-0.39, 0.29) is 17.3 Å². The van der Waals surface area contributed by atoms with Crippen molar-refractivity contribution in [1.82, 2.24) is 5.32 Å². The summed E-state index contributed by atoms with van der Waals surface area (Å²) in [5.41, 5.74) is 2.42. The molecule has 1 fully saturated rings. The minimum absolute atomic E-state index is 0.150. The van der Waals surface area contributed by atoms with E-state index in [9.17, 15) is 19.7 Å². The summed E-state index contributed by atoms with van der Waals surface area (Å²) in [4.78, 5) is 38.5. The third-order valence-electron chi connectivity index (χ3n) is 6.11. The number of benzene rings is 2. The number of nitro groups is 1. The lowest BCUT2D eigenvalue weighted by atomic mass is 9.87. The van der Waals surface area contributed by atoms with Gasteiger partial charge in [-0.15, -0.1) is 0 Å². The first-order valence-electron chi connectivity index (χ1n) is 11.1. The second-order valence-electron chi connectivity index (χ2n) is 8.26. The Kier molecular flexibility index (Phi) is 6.88. The van der Waals surface area contributed by atoms with Crippen LogP contribution in [0.4, 0.5) is 11.4 Å². The number of hydrogen-bond donors (Lipinski definition) is 1. The average Bonchev–Trinajstić information content (AvgIpc) is 2.84. The molecule has 0 saturated carbocycles. The number of esters is 1. The van der Waals surface area contributed by atoms with Gasteiger partial charge in [0.25, 0.3) is 11.6 Å². The Balaban J connectivity index is 1.47. The van der Waals surface area contributed by atoms with E-state index < -0.39 is 22.9 Å². The molecule has 2 aromatic rings. The van der Waals surface area contributed by atoms with Gasteiger partial charge in [-0.05, 0) is 49.4 Å². The van der Waals surface area contributed by atoms with E-state index in [1.807, 2.05) is 23.1 Å². The van der Waals surface area contributed by atoms with E-state index in [0.717, 1.165) is 24.8 Å². The number of carbonyl (C=O) groups excluding carboxylic acids is 2. The van der Waals surface area contributed by atoms with Crippen molar-refractivity contribution in [2.45, 2.75) is 38.3 Å². The first-order valence-corrected chi connectivity index (χ1v) is 11.1. The predicted molar refractivity (Wildman–Crippen MR) is 121 cm³/mol. The highest BCUT2D eigenvalue weighted by atomic mass is 16.6. The first-order chi connectivity index (χ1) is 15.9. The summed E-state index contributed by atoms with van der Waals surface area (Å²) in [5, 5.41) is 14.5. The number of ether oxygens (including phenoxy) is 2. The molecule has 0 spiro atoms. The van der Waals surface area contributed by atoms with Crippen LogP contribution in [0.25, 0.3) is 0 Å². The SMILES string of the molecule is CC(OC(=O)c1cc(N2CCOCC2)ccc1[N+](=O)[O-])C(=O)NC1CCCc2ccccc21. The fraction of sp³-hybridized carbons (Fsp3) is 0.417. The molecule has 33 heavy (non-hydrogen) atoms. The molecule has 4 rings (SSSR count). The molecule has 1 aliphatic carbocycles. The zero-order valence-electron chi connectivity index (χ0n) is 18.5. The second-order valence-corrected chi connectivity index (χ2v) is 8.26. The summed E-state index contributed by atoms with van der Waals surface area (Å²) in [6, 6.07) is 12.2. The highest BCUT2D eigenvalue weighted by molar-refractivity contribution is 5.97. The van der Waals surface area contributed by atoms with Crippen LogP contribution < -0.4 is 10.2 Å². The van der Waals surface area contributed by atoms with E-state index in [1.54, 1.807) is 6.07 Å². The van der Waals surface area contributed by atoms with Gasteiger partial charge in [-0.1, -0.05) is 24.3 Å². The molecule has 0 radical (unpaired) electrons. The largest absolute Gasteiger partial charge is 0.449 e. The van der Waals surface area contributed by atoms with Gasteiger partial charge >= 0.3 is 5.97 Å². The number of morpholine rings is 1. The van der Waals surface area contributed by atoms with Gasteiger partial charge in [0.1, 0.15) is 5.56 Å². The van der Waals surface area contributed by atoms with Crippen LogP contribution in [-0.4, -0.2) is 49.2 Å². The molecule has 1 aliphatic heterocycles. The Bertz CT molecular complexity index is 1050. The summed E-state index contributed by atoms with van der Waals surface area (Å²) >= 11 is 0. The summed E-state index contributed by atoms with van der Waals surface area (Å²) in [5.74, 6) is -1.33. The minimum Gasteiger partial charge on any atom is -0.449 e. The molecule has 2 unspecified atom stereocenters. The number of aryl methyl sites for hydroxylation is 1. The Morgan fingerprint density at radius 1 is 1.21 bits per heavy atom. The van der Waals surface area contributed by atoms with Gasteiger partial charge in [0, 0.05) is 24.8 Å². The van der Waals surface area contributed by atoms with Crippen molar-refractivity contribution in [3.63, 3.8) is 0 Å². The van der Waals surface area contributed by atoms with Crippen molar-refractivity contribution in [2.75, 3.05) is 31.2 Å². The van der Waals surface area contributed by atoms with Crippen LogP contribution >= 0.6 is 0 Å². The van der Waals surface area contributed by atoms with Crippen LogP contribution in [0.2, 0.25) is 0 Å². The molecule has 0 bridgehead atoms. The maximum atomic E-state index is 12.9. The zero-order valence-corrected chi connectivity index (χ0v) is 18.5. The van der Waals surface area contributed by atoms with Gasteiger partial charge in [0.15, 0.2) is 6.10 Å². The highest BCUT2D eigenvalue weighted by Crippen LogP contribution is 2.30. The lowest BCUT2D eigenvalue weighted by Gasteiger charge is -2.29. The van der Waals surface area contributed by atoms with Crippen LogP contribution in [0.3, 0.4) is 0 Å². The number of amides is 1. The summed E-state index contributed by atoms with van der Waals surface area (Å²) in [6.45, 7) is 3.79. The van der Waals surface area contributed by atoms with Crippen molar-refractivity contribution >= 4 is 23.3 Å². The molecule has 1 heterocycles. The van der Waals surface area contributed by atoms with E-state index >= 15 is 0 Å². The molecular formula is C24H27N3O6. The number of nitro benzene ring substituents is 1.